The van der Waals surface area contributed by atoms with Crippen molar-refractivity contribution in [2.45, 2.75) is 26.2 Å². The lowest BCUT2D eigenvalue weighted by Crippen LogP contribution is -2.10. The Morgan fingerprint density at radius 1 is 1.37 bits per heavy atom. The third-order valence-electron chi connectivity index (χ3n) is 4.60. The summed E-state index contributed by atoms with van der Waals surface area (Å²) >= 11 is 1.20. The number of hydrogen-bond donors (Lipinski definition) is 3. The number of rotatable bonds is 6. The maximum atomic E-state index is 11.8. The van der Waals surface area contributed by atoms with E-state index in [0.29, 0.717) is 39.0 Å². The Bertz CT molecular complexity index is 1030. The van der Waals surface area contributed by atoms with Gasteiger partial charge in [-0.3, -0.25) is 4.79 Å². The molecule has 4 rings (SSSR count). The Balaban J connectivity index is 1.89. The maximum absolute atomic E-state index is 11.8. The second-order valence-electron chi connectivity index (χ2n) is 6.49. The first kappa shape index (κ1) is 17.5. The molecule has 8 heteroatoms. The largest absolute Gasteiger partial charge is 0.493 e. The molecule has 5 N–H and O–H groups in total. The first-order chi connectivity index (χ1) is 13.1. The molecule has 0 saturated carbocycles. The molecule has 3 heterocycles. The summed E-state index contributed by atoms with van der Waals surface area (Å²) in [5.74, 6) is 0.826. The zero-order valence-corrected chi connectivity index (χ0v) is 15.9. The number of ether oxygens (including phenoxy) is 1. The van der Waals surface area contributed by atoms with Gasteiger partial charge in [-0.2, -0.15) is 0 Å². The van der Waals surface area contributed by atoms with E-state index in [4.69, 9.17) is 21.2 Å². The van der Waals surface area contributed by atoms with Crippen LogP contribution in [0.2, 0.25) is 0 Å². The fraction of sp³-hybridized carbons (Fsp3) is 0.316. The minimum atomic E-state index is -0.556. The Morgan fingerprint density at radius 2 is 2.22 bits per heavy atom. The molecule has 7 nitrogen and oxygen atoms in total. The van der Waals surface area contributed by atoms with E-state index >= 15 is 0 Å². The first-order valence-corrected chi connectivity index (χ1v) is 9.80. The molecule has 0 aliphatic carbocycles. The number of hydrogen-bond acceptors (Lipinski definition) is 7. The van der Waals surface area contributed by atoms with E-state index in [1.165, 1.54) is 16.9 Å². The fourth-order valence-corrected chi connectivity index (χ4v) is 4.13. The molecule has 1 aliphatic heterocycles. The predicted molar refractivity (Wildman–Crippen MR) is 108 cm³/mol. The highest BCUT2D eigenvalue weighted by atomic mass is 32.1. The van der Waals surface area contributed by atoms with Gasteiger partial charge in [-0.1, -0.05) is 25.5 Å². The Kier molecular flexibility index (Phi) is 4.57. The van der Waals surface area contributed by atoms with E-state index < -0.39 is 5.91 Å². The number of thiophene rings is 1. The third kappa shape index (κ3) is 3.16. The van der Waals surface area contributed by atoms with E-state index in [9.17, 15) is 4.79 Å². The molecule has 0 unspecified atom stereocenters. The number of carbonyl (C=O) groups is 1. The van der Waals surface area contributed by atoms with Crippen LogP contribution in [0.1, 0.15) is 35.0 Å². The highest BCUT2D eigenvalue weighted by molar-refractivity contribution is 7.21. The number of benzene rings is 1. The average molecular weight is 383 g/mol. The summed E-state index contributed by atoms with van der Waals surface area (Å²) < 4.78 is 5.69. The van der Waals surface area contributed by atoms with E-state index in [1.807, 2.05) is 18.2 Å². The molecule has 0 fully saturated rings. The smallest absolute Gasteiger partial charge is 0.260 e. The van der Waals surface area contributed by atoms with Crippen molar-refractivity contribution in [1.29, 1.82) is 0 Å². The lowest BCUT2D eigenvalue weighted by molar-refractivity contribution is 0.100. The number of nitrogens with zero attached hydrogens (tertiary/aromatic N) is 2. The molecule has 140 valence electrons. The van der Waals surface area contributed by atoms with E-state index in [1.54, 1.807) is 0 Å². The van der Waals surface area contributed by atoms with Crippen LogP contribution in [-0.2, 0) is 6.42 Å². The van der Waals surface area contributed by atoms with Gasteiger partial charge in [-0.15, -0.1) is 11.3 Å². The number of unbranched alkanes of at least 4 members (excludes halogenated alkanes) is 1. The highest BCUT2D eigenvalue weighted by Crippen LogP contribution is 2.40. The second-order valence-corrected chi connectivity index (χ2v) is 7.49. The van der Waals surface area contributed by atoms with Crippen LogP contribution in [0.15, 0.2) is 18.2 Å². The first-order valence-electron chi connectivity index (χ1n) is 8.98. The number of fused-ring (bicyclic) bond motifs is 2. The molecule has 27 heavy (non-hydrogen) atoms. The molecule has 0 bridgehead atoms. The Morgan fingerprint density at radius 3 is 3.00 bits per heavy atom. The minimum Gasteiger partial charge on any atom is -0.493 e. The summed E-state index contributed by atoms with van der Waals surface area (Å²) in [6.07, 6.45) is 3.00. The van der Waals surface area contributed by atoms with Crippen molar-refractivity contribution in [3.05, 3.63) is 28.6 Å². The minimum absolute atomic E-state index is 0.309. The van der Waals surface area contributed by atoms with Crippen molar-refractivity contribution < 1.29 is 9.53 Å². The highest BCUT2D eigenvalue weighted by Gasteiger charge is 2.22. The Labute approximate surface area is 160 Å². The molecule has 0 atom stereocenters. The van der Waals surface area contributed by atoms with Crippen LogP contribution in [0.4, 0.5) is 11.6 Å². The summed E-state index contributed by atoms with van der Waals surface area (Å²) in [7, 11) is 0. The lowest BCUT2D eigenvalue weighted by atomic mass is 10.0. The number of nitrogen functional groups attached to an aromatic ring is 1. The van der Waals surface area contributed by atoms with Crippen LogP contribution in [0.25, 0.3) is 21.5 Å². The van der Waals surface area contributed by atoms with Gasteiger partial charge in [-0.25, -0.2) is 9.97 Å². The Hall–Kier alpha value is -2.87. The summed E-state index contributed by atoms with van der Waals surface area (Å²) in [4.78, 5) is 22.0. The molecule has 0 radical (unpaired) electrons. The summed E-state index contributed by atoms with van der Waals surface area (Å²) in [6, 6.07) is 6.03. The molecule has 0 spiro atoms. The van der Waals surface area contributed by atoms with Gasteiger partial charge >= 0.3 is 0 Å². The summed E-state index contributed by atoms with van der Waals surface area (Å²) in [5, 5.41) is 3.91. The topological polar surface area (TPSA) is 116 Å². The molecule has 1 aromatic carbocycles. The number of anilines is 2. The zero-order chi connectivity index (χ0) is 19.0. The third-order valence-corrected chi connectivity index (χ3v) is 5.71. The van der Waals surface area contributed by atoms with Gasteiger partial charge in [0.2, 0.25) is 5.95 Å². The van der Waals surface area contributed by atoms with Crippen LogP contribution in [-0.4, -0.2) is 29.0 Å². The molecular weight excluding hydrogens is 362 g/mol. The van der Waals surface area contributed by atoms with E-state index in [0.717, 1.165) is 37.1 Å². The van der Waals surface area contributed by atoms with Gasteiger partial charge in [0.15, 0.2) is 0 Å². The number of nitrogens with one attached hydrogen (secondary N) is 1. The quantitative estimate of drug-likeness (QED) is 0.563. The van der Waals surface area contributed by atoms with Crippen molar-refractivity contribution in [1.82, 2.24) is 9.97 Å². The van der Waals surface area contributed by atoms with Crippen molar-refractivity contribution in [2.24, 2.45) is 5.73 Å². The fourth-order valence-electron chi connectivity index (χ4n) is 3.18. The van der Waals surface area contributed by atoms with Gasteiger partial charge in [0.05, 0.1) is 23.4 Å². The van der Waals surface area contributed by atoms with Gasteiger partial charge in [0, 0.05) is 18.5 Å². The number of nitrogens with two attached hydrogens (primary N) is 2. The average Bonchev–Trinajstić information content (AvgIpc) is 3.25. The van der Waals surface area contributed by atoms with E-state index in [-0.39, 0.29) is 0 Å². The van der Waals surface area contributed by atoms with Crippen molar-refractivity contribution in [2.75, 3.05) is 24.2 Å². The molecule has 0 saturated heterocycles. The predicted octanol–water partition coefficient (Wildman–Crippen LogP) is 3.19. The molecular formula is C19H21N5O2S. The van der Waals surface area contributed by atoms with Gasteiger partial charge < -0.3 is 21.5 Å². The molecule has 1 aliphatic rings. The van der Waals surface area contributed by atoms with Crippen LogP contribution < -0.4 is 21.5 Å². The van der Waals surface area contributed by atoms with Crippen molar-refractivity contribution >= 4 is 39.1 Å². The molecule has 2 aromatic heterocycles. The van der Waals surface area contributed by atoms with Gasteiger partial charge in [0.1, 0.15) is 15.5 Å². The number of carbonyl (C=O) groups excluding carboxylic acids is 1. The number of aromatic nitrogens is 2. The van der Waals surface area contributed by atoms with Crippen LogP contribution in [0.3, 0.4) is 0 Å². The summed E-state index contributed by atoms with van der Waals surface area (Å²) in [5.41, 5.74) is 14.8. The maximum Gasteiger partial charge on any atom is 0.260 e. The van der Waals surface area contributed by atoms with Crippen molar-refractivity contribution in [3.63, 3.8) is 0 Å². The van der Waals surface area contributed by atoms with Gasteiger partial charge in [-0.05, 0) is 18.1 Å². The summed E-state index contributed by atoms with van der Waals surface area (Å²) in [6.45, 7) is 3.59. The molecule has 1 amide bonds. The van der Waals surface area contributed by atoms with Crippen molar-refractivity contribution in [3.8, 4) is 17.0 Å². The zero-order valence-electron chi connectivity index (χ0n) is 15.0. The lowest BCUT2D eigenvalue weighted by Gasteiger charge is -2.10. The molecule has 3 aromatic rings. The van der Waals surface area contributed by atoms with Crippen LogP contribution >= 0.6 is 11.3 Å². The van der Waals surface area contributed by atoms with Gasteiger partial charge in [0.25, 0.3) is 5.91 Å². The van der Waals surface area contributed by atoms with Crippen LogP contribution in [0, 0.1) is 0 Å². The van der Waals surface area contributed by atoms with Crippen LogP contribution in [0.5, 0.6) is 5.75 Å². The second kappa shape index (κ2) is 7.03. The SMILES string of the molecule is CCCCNc1nc(-c2ccc3c(c2)OCC3)c2c(N)c(C(N)=O)sc2n1. The van der Waals surface area contributed by atoms with E-state index in [2.05, 4.69) is 17.2 Å². The number of primary amides is 1. The monoisotopic (exact) mass is 383 g/mol. The normalized spacial score (nSPS) is 12.8. The number of amides is 1. The standard InChI is InChI=1S/C19H21N5O2S/c1-2-3-7-22-19-23-15(11-5-4-10-6-8-26-12(10)9-11)13-14(20)16(17(21)25)27-18(13)24-19/h4-5,9H,2-3,6-8,20H2,1H3,(H2,21,25)(H,22,23,24).